The van der Waals surface area contributed by atoms with Crippen LogP contribution in [0.1, 0.15) is 0 Å². The maximum Gasteiger partial charge on any atom is 0.130 e. The molecule has 3 atom stereocenters. The Morgan fingerprint density at radius 1 is 1.19 bits per heavy atom. The van der Waals surface area contributed by atoms with Crippen LogP contribution in [0, 0.1) is 5.82 Å². The summed E-state index contributed by atoms with van der Waals surface area (Å²) in [4.78, 5) is 3.59. The molecule has 0 bridgehead atoms. The third kappa shape index (κ3) is 2.82. The van der Waals surface area contributed by atoms with Crippen molar-refractivity contribution in [3.8, 4) is 11.1 Å². The van der Waals surface area contributed by atoms with Gasteiger partial charge in [0.25, 0.3) is 0 Å². The van der Waals surface area contributed by atoms with Crippen molar-refractivity contribution in [2.45, 2.75) is 17.1 Å². The smallest absolute Gasteiger partial charge is 0.130 e. The van der Waals surface area contributed by atoms with Crippen molar-refractivity contribution < 1.29 is 13.0 Å². The normalized spacial score (nSPS) is 23.3. The van der Waals surface area contributed by atoms with Crippen LogP contribution in [0.5, 0.6) is 0 Å². The predicted octanol–water partition coefficient (Wildman–Crippen LogP) is 2.95. The van der Waals surface area contributed by atoms with Crippen molar-refractivity contribution in [3.05, 3.63) is 54.5 Å². The van der Waals surface area contributed by atoms with E-state index in [1.54, 1.807) is 18.2 Å². The first-order chi connectivity index (χ1) is 12.4. The summed E-state index contributed by atoms with van der Waals surface area (Å²) in [6.07, 6.45) is 0.622. The molecule has 0 spiro atoms. The largest absolute Gasteiger partial charge is 0.360 e. The third-order valence-electron chi connectivity index (χ3n) is 4.85. The summed E-state index contributed by atoms with van der Waals surface area (Å²) < 4.78 is 41.6. The second-order valence-corrected chi connectivity index (χ2v) is 8.85. The predicted molar refractivity (Wildman–Crippen MR) is 102 cm³/mol. The van der Waals surface area contributed by atoms with Crippen LogP contribution in [0.3, 0.4) is 0 Å². The number of aromatic amines is 1. The molecule has 1 fully saturated rings. The van der Waals surface area contributed by atoms with E-state index in [9.17, 15) is 13.0 Å². The molecule has 1 aliphatic heterocycles. The number of H-pyrrole nitrogens is 1. The number of fused-ring (bicyclic) bond motifs is 1. The Morgan fingerprint density at radius 3 is 2.58 bits per heavy atom. The monoisotopic (exact) mass is 375 g/mol. The lowest BCUT2D eigenvalue weighted by Gasteiger charge is -2.21. The Labute approximate surface area is 150 Å². The number of benzene rings is 2. The number of alkyl halides is 1. The highest BCUT2D eigenvalue weighted by Gasteiger charge is 2.34. The molecule has 1 aromatic heterocycles. The summed E-state index contributed by atoms with van der Waals surface area (Å²) in [6.45, 7) is 0.249. The van der Waals surface area contributed by atoms with Crippen molar-refractivity contribution in [1.29, 1.82) is 0 Å². The zero-order chi connectivity index (χ0) is 18.5. The molecule has 0 radical (unpaired) electrons. The van der Waals surface area contributed by atoms with Crippen molar-refractivity contribution in [3.63, 3.8) is 0 Å². The van der Waals surface area contributed by atoms with Crippen LogP contribution in [0.25, 0.3) is 22.0 Å². The maximum atomic E-state index is 13.7. The maximum absolute atomic E-state index is 13.7. The van der Waals surface area contributed by atoms with Crippen LogP contribution in [0.4, 0.5) is 8.78 Å². The van der Waals surface area contributed by atoms with Gasteiger partial charge < -0.3 is 10.7 Å². The lowest BCUT2D eigenvalue weighted by molar-refractivity contribution is 0.324. The molecule has 1 aliphatic rings. The van der Waals surface area contributed by atoms with E-state index >= 15 is 0 Å². The Balaban J connectivity index is 1.66. The molecule has 2 aromatic carbocycles. The summed E-state index contributed by atoms with van der Waals surface area (Å²) in [5.74, 6) is 3.53. The molecule has 0 amide bonds. The van der Waals surface area contributed by atoms with Crippen LogP contribution < -0.4 is 5.73 Å². The van der Waals surface area contributed by atoms with Gasteiger partial charge in [-0.1, -0.05) is 12.1 Å². The zero-order valence-electron chi connectivity index (χ0n) is 14.0. The number of nitrogens with one attached hydrogen (secondary N) is 1. The first kappa shape index (κ1) is 17.2. The van der Waals surface area contributed by atoms with Gasteiger partial charge in [0, 0.05) is 40.6 Å². The summed E-state index contributed by atoms with van der Waals surface area (Å²) in [6, 6.07) is 11.1. The molecule has 0 saturated carbocycles. The number of rotatable bonds is 3. The molecule has 136 valence electrons. The molecular formula is C19H19F2N3OS. The topological polar surface area (TPSA) is 62.1 Å². The highest BCUT2D eigenvalue weighted by Crippen LogP contribution is 2.30. The van der Waals surface area contributed by atoms with Gasteiger partial charge in [0.2, 0.25) is 0 Å². The van der Waals surface area contributed by atoms with Crippen LogP contribution in [-0.4, -0.2) is 44.7 Å². The van der Waals surface area contributed by atoms with Crippen LogP contribution in [0.15, 0.2) is 53.6 Å². The number of hydrogen-bond donors (Lipinski definition) is 2. The third-order valence-corrected chi connectivity index (χ3v) is 6.99. The molecular weight excluding hydrogens is 356 g/mol. The lowest BCUT2D eigenvalue weighted by Crippen LogP contribution is -2.32. The quantitative estimate of drug-likeness (QED) is 0.692. The molecule has 4 nitrogen and oxygen atoms in total. The first-order valence-corrected chi connectivity index (χ1v) is 9.94. The van der Waals surface area contributed by atoms with Gasteiger partial charge >= 0.3 is 0 Å². The molecule has 1 saturated heterocycles. The first-order valence-electron chi connectivity index (χ1n) is 8.25. The van der Waals surface area contributed by atoms with Crippen molar-refractivity contribution in [2.75, 3.05) is 13.1 Å². The van der Waals surface area contributed by atoms with Crippen LogP contribution in [-0.2, 0) is 9.71 Å². The van der Waals surface area contributed by atoms with Gasteiger partial charge in [0.05, 0.1) is 15.7 Å². The van der Waals surface area contributed by atoms with E-state index < -0.39 is 21.9 Å². The van der Waals surface area contributed by atoms with Gasteiger partial charge in [0.1, 0.15) is 12.0 Å². The Kier molecular flexibility index (Phi) is 4.10. The second-order valence-electron chi connectivity index (χ2n) is 6.58. The molecule has 26 heavy (non-hydrogen) atoms. The van der Waals surface area contributed by atoms with Gasteiger partial charge in [-0.25, -0.2) is 17.3 Å². The minimum absolute atomic E-state index is 0.0270. The molecule has 7 heteroatoms. The van der Waals surface area contributed by atoms with Crippen LogP contribution in [0.2, 0.25) is 0 Å². The number of hydrogen-bond acceptors (Lipinski definition) is 2. The van der Waals surface area contributed by atoms with Gasteiger partial charge in [-0.3, -0.25) is 0 Å². The van der Waals surface area contributed by atoms with Gasteiger partial charge in [-0.05, 0) is 41.8 Å². The fraction of sp³-hybridized carbons (Fsp3) is 0.211. The molecule has 2 heterocycles. The van der Waals surface area contributed by atoms with Crippen molar-refractivity contribution >= 4 is 26.5 Å². The van der Waals surface area contributed by atoms with Crippen LogP contribution >= 0.6 is 0 Å². The average molecular weight is 375 g/mol. The van der Waals surface area contributed by atoms with Crippen molar-refractivity contribution in [1.82, 2.24) is 9.29 Å². The minimum Gasteiger partial charge on any atom is -0.360 e. The number of nitrogens with zero attached hydrogens (tertiary/aromatic N) is 1. The van der Waals surface area contributed by atoms with E-state index in [0.29, 0.717) is 10.4 Å². The van der Waals surface area contributed by atoms with E-state index in [0.717, 1.165) is 16.5 Å². The van der Waals surface area contributed by atoms with E-state index in [1.807, 2.05) is 18.3 Å². The van der Waals surface area contributed by atoms with Crippen molar-refractivity contribution in [2.24, 2.45) is 5.73 Å². The van der Waals surface area contributed by atoms with Gasteiger partial charge in [-0.2, -0.15) is 0 Å². The lowest BCUT2D eigenvalue weighted by atomic mass is 10.1. The highest BCUT2D eigenvalue weighted by atomic mass is 32.2. The minimum atomic E-state index is -2.78. The Hall–Kier alpha value is -2.22. The van der Waals surface area contributed by atoms with Gasteiger partial charge in [-0.15, -0.1) is 0 Å². The molecule has 4 rings (SSSR count). The Bertz CT molecular complexity index is 1050. The zero-order valence-corrected chi connectivity index (χ0v) is 14.8. The SMILES string of the molecule is C=S(=O)(c1ccc(-c2c[nH]c3cc(F)ccc23)cc1)N1C[C@@H](F)[C@@H](N)C1. The molecule has 0 aliphatic carbocycles. The molecule has 3 N–H and O–H groups in total. The number of aromatic nitrogens is 1. The summed E-state index contributed by atoms with van der Waals surface area (Å²) in [7, 11) is -2.78. The highest BCUT2D eigenvalue weighted by molar-refractivity contribution is 7.98. The number of nitrogens with two attached hydrogens (primary N) is 1. The number of halogens is 2. The fourth-order valence-electron chi connectivity index (χ4n) is 3.33. The molecule has 3 aromatic rings. The van der Waals surface area contributed by atoms with Gasteiger partial charge in [0.15, 0.2) is 0 Å². The van der Waals surface area contributed by atoms with E-state index in [1.165, 1.54) is 16.4 Å². The Morgan fingerprint density at radius 2 is 1.92 bits per heavy atom. The van der Waals surface area contributed by atoms with E-state index in [-0.39, 0.29) is 18.9 Å². The summed E-state index contributed by atoms with van der Waals surface area (Å²) in [5, 5.41) is 0.903. The standard InChI is InChI=1S/C19H19F2N3OS/c1-26(25,24-10-17(21)18(22)11-24)14-5-2-12(3-6-14)16-9-23-19-8-13(20)4-7-15(16)19/h2-9,17-18,23H,1,10-11,22H2/t17-,18+,26?/m1/s1. The summed E-state index contributed by atoms with van der Waals surface area (Å²) >= 11 is 0. The summed E-state index contributed by atoms with van der Waals surface area (Å²) in [5.41, 5.74) is 8.24. The second kappa shape index (κ2) is 6.19. The van der Waals surface area contributed by atoms with E-state index in [2.05, 4.69) is 10.9 Å². The fourth-order valence-corrected chi connectivity index (χ4v) is 4.98. The average Bonchev–Trinajstić information content (AvgIpc) is 3.18. The molecule has 1 unspecified atom stereocenters. The van der Waals surface area contributed by atoms with E-state index in [4.69, 9.17) is 5.73 Å².